The van der Waals surface area contributed by atoms with Crippen molar-refractivity contribution in [1.29, 1.82) is 0 Å². The van der Waals surface area contributed by atoms with Crippen molar-refractivity contribution in [1.82, 2.24) is 0 Å². The zero-order valence-corrected chi connectivity index (χ0v) is 16.5. The minimum atomic E-state index is -3.76. The highest BCUT2D eigenvalue weighted by atomic mass is 32.2. The molecule has 0 aliphatic heterocycles. The van der Waals surface area contributed by atoms with Crippen LogP contribution in [0.2, 0.25) is 0 Å². The largest absolute Gasteiger partial charge is 0.497 e. The van der Waals surface area contributed by atoms with Gasteiger partial charge in [-0.15, -0.1) is 0 Å². The Labute approximate surface area is 161 Å². The number of hydrogen-bond donors (Lipinski definition) is 0. The smallest absolute Gasteiger partial charge is 0.264 e. The van der Waals surface area contributed by atoms with Gasteiger partial charge in [-0.25, -0.2) is 8.42 Å². The fourth-order valence-corrected chi connectivity index (χ4v) is 4.72. The molecule has 0 radical (unpaired) electrons. The minimum absolute atomic E-state index is 0.228. The first-order valence-electron chi connectivity index (χ1n) is 8.73. The van der Waals surface area contributed by atoms with E-state index in [1.165, 1.54) is 4.31 Å². The molecule has 4 nitrogen and oxygen atoms in total. The maximum Gasteiger partial charge on any atom is 0.264 e. The second-order valence-corrected chi connectivity index (χ2v) is 8.22. The average Bonchev–Trinajstić information content (AvgIpc) is 2.69. The molecular weight excluding hydrogens is 358 g/mol. The molecule has 0 aliphatic rings. The van der Waals surface area contributed by atoms with Crippen LogP contribution in [0.15, 0.2) is 83.8 Å². The highest BCUT2D eigenvalue weighted by Crippen LogP contribution is 2.33. The number of sulfonamides is 1. The summed E-state index contributed by atoms with van der Waals surface area (Å²) in [5, 5.41) is 0. The Hall–Kier alpha value is -2.79. The van der Waals surface area contributed by atoms with Crippen molar-refractivity contribution in [2.24, 2.45) is 0 Å². The van der Waals surface area contributed by atoms with Gasteiger partial charge in [-0.2, -0.15) is 0 Å². The van der Waals surface area contributed by atoms with E-state index in [4.69, 9.17) is 4.74 Å². The number of rotatable bonds is 6. The van der Waals surface area contributed by atoms with Gasteiger partial charge in [0.1, 0.15) is 5.75 Å². The molecule has 27 heavy (non-hydrogen) atoms. The highest BCUT2D eigenvalue weighted by Gasteiger charge is 2.30. The fraction of sp³-hybridized carbons (Fsp3) is 0.182. The van der Waals surface area contributed by atoms with Gasteiger partial charge in [0, 0.05) is 0 Å². The summed E-state index contributed by atoms with van der Waals surface area (Å²) in [6, 6.07) is 23.2. The van der Waals surface area contributed by atoms with Crippen LogP contribution in [0.25, 0.3) is 0 Å². The lowest BCUT2D eigenvalue weighted by Gasteiger charge is -2.31. The van der Waals surface area contributed by atoms with Crippen molar-refractivity contribution in [3.05, 3.63) is 90.0 Å². The van der Waals surface area contributed by atoms with E-state index >= 15 is 0 Å². The Morgan fingerprint density at radius 1 is 0.889 bits per heavy atom. The standard InChI is InChI=1S/C22H23NO3S/c1-17-8-7-9-19(16-17)18(2)23(20-10-5-4-6-11-20)27(24,25)22-14-12-21(26-3)13-15-22/h4-16,18H,1-3H3/t18-/m0/s1. The molecule has 3 rings (SSSR count). The van der Waals surface area contributed by atoms with Crippen molar-refractivity contribution in [2.75, 3.05) is 11.4 Å². The SMILES string of the molecule is COc1ccc(S(=O)(=O)N(c2ccccc2)[C@@H](C)c2cccc(C)c2)cc1. The van der Waals surface area contributed by atoms with Gasteiger partial charge in [0.05, 0.1) is 23.7 Å². The van der Waals surface area contributed by atoms with E-state index in [-0.39, 0.29) is 10.9 Å². The summed E-state index contributed by atoms with van der Waals surface area (Å²) in [6.45, 7) is 3.91. The Morgan fingerprint density at radius 2 is 1.56 bits per heavy atom. The van der Waals surface area contributed by atoms with Crippen molar-refractivity contribution in [2.45, 2.75) is 24.8 Å². The molecule has 140 valence electrons. The van der Waals surface area contributed by atoms with Crippen molar-refractivity contribution >= 4 is 15.7 Å². The second-order valence-electron chi connectivity index (χ2n) is 6.40. The molecule has 0 amide bonds. The van der Waals surface area contributed by atoms with Crippen LogP contribution in [0.1, 0.15) is 24.1 Å². The summed E-state index contributed by atoms with van der Waals surface area (Å²) in [5.74, 6) is 0.618. The minimum Gasteiger partial charge on any atom is -0.497 e. The van der Waals surface area contributed by atoms with E-state index < -0.39 is 10.0 Å². The molecule has 0 saturated heterocycles. The first kappa shape index (κ1) is 19.0. The Balaban J connectivity index is 2.11. The van der Waals surface area contributed by atoms with Crippen LogP contribution in [-0.2, 0) is 10.0 Å². The van der Waals surface area contributed by atoms with Crippen LogP contribution < -0.4 is 9.04 Å². The molecule has 0 heterocycles. The third kappa shape index (κ3) is 3.98. The lowest BCUT2D eigenvalue weighted by Crippen LogP contribution is -2.33. The highest BCUT2D eigenvalue weighted by molar-refractivity contribution is 7.92. The summed E-state index contributed by atoms with van der Waals surface area (Å²) in [4.78, 5) is 0.228. The number of methoxy groups -OCH3 is 1. The predicted molar refractivity (Wildman–Crippen MR) is 109 cm³/mol. The molecule has 0 aliphatic carbocycles. The van der Waals surface area contributed by atoms with Crippen molar-refractivity contribution < 1.29 is 13.2 Å². The van der Waals surface area contributed by atoms with E-state index in [0.29, 0.717) is 11.4 Å². The van der Waals surface area contributed by atoms with E-state index in [2.05, 4.69) is 0 Å². The number of nitrogens with zero attached hydrogens (tertiary/aromatic N) is 1. The fourth-order valence-electron chi connectivity index (χ4n) is 3.07. The van der Waals surface area contributed by atoms with Gasteiger partial charge in [-0.1, -0.05) is 48.0 Å². The Kier molecular flexibility index (Phi) is 5.51. The summed E-state index contributed by atoms with van der Waals surface area (Å²) in [6.07, 6.45) is 0. The maximum atomic E-state index is 13.5. The second kappa shape index (κ2) is 7.84. The molecule has 3 aromatic carbocycles. The van der Waals surface area contributed by atoms with Gasteiger partial charge in [-0.3, -0.25) is 4.31 Å². The topological polar surface area (TPSA) is 46.6 Å². The Morgan fingerprint density at radius 3 is 2.15 bits per heavy atom. The lowest BCUT2D eigenvalue weighted by atomic mass is 10.1. The quantitative estimate of drug-likeness (QED) is 0.606. The predicted octanol–water partition coefficient (Wildman–Crippen LogP) is 4.96. The Bertz CT molecular complexity index is 999. The molecule has 5 heteroatoms. The summed E-state index contributed by atoms with van der Waals surface area (Å²) in [7, 11) is -2.21. The van der Waals surface area contributed by atoms with Gasteiger partial charge in [0.25, 0.3) is 10.0 Å². The molecule has 0 unspecified atom stereocenters. The van der Waals surface area contributed by atoms with Crippen LogP contribution in [0.3, 0.4) is 0 Å². The molecule has 0 fully saturated rings. The van der Waals surface area contributed by atoms with Gasteiger partial charge >= 0.3 is 0 Å². The molecule has 0 bridgehead atoms. The molecular formula is C22H23NO3S. The van der Waals surface area contributed by atoms with E-state index in [0.717, 1.165) is 11.1 Å². The monoisotopic (exact) mass is 381 g/mol. The van der Waals surface area contributed by atoms with Crippen molar-refractivity contribution in [3.63, 3.8) is 0 Å². The molecule has 0 aromatic heterocycles. The van der Waals surface area contributed by atoms with Crippen LogP contribution in [0.5, 0.6) is 5.75 Å². The van der Waals surface area contributed by atoms with Crippen LogP contribution in [0.4, 0.5) is 5.69 Å². The third-order valence-electron chi connectivity index (χ3n) is 4.50. The zero-order chi connectivity index (χ0) is 19.4. The van der Waals surface area contributed by atoms with Gasteiger partial charge in [0.15, 0.2) is 0 Å². The molecule has 0 spiro atoms. The molecule has 3 aromatic rings. The van der Waals surface area contributed by atoms with Crippen LogP contribution >= 0.6 is 0 Å². The van der Waals surface area contributed by atoms with Crippen LogP contribution in [-0.4, -0.2) is 15.5 Å². The zero-order valence-electron chi connectivity index (χ0n) is 15.7. The molecule has 1 atom stereocenters. The number of para-hydroxylation sites is 1. The van der Waals surface area contributed by atoms with E-state index in [1.807, 2.05) is 68.4 Å². The summed E-state index contributed by atoms with van der Waals surface area (Å²) < 4.78 is 33.7. The average molecular weight is 381 g/mol. The molecule has 0 N–H and O–H groups in total. The summed E-state index contributed by atoms with van der Waals surface area (Å²) >= 11 is 0. The number of anilines is 1. The lowest BCUT2D eigenvalue weighted by molar-refractivity contribution is 0.414. The third-order valence-corrected chi connectivity index (χ3v) is 6.42. The van der Waals surface area contributed by atoms with Crippen LogP contribution in [0, 0.1) is 6.92 Å². The van der Waals surface area contributed by atoms with Gasteiger partial charge < -0.3 is 4.74 Å². The van der Waals surface area contributed by atoms with Gasteiger partial charge in [0.2, 0.25) is 0 Å². The van der Waals surface area contributed by atoms with Gasteiger partial charge in [-0.05, 0) is 55.8 Å². The first-order chi connectivity index (χ1) is 12.9. The van der Waals surface area contributed by atoms with E-state index in [1.54, 1.807) is 31.4 Å². The normalized spacial score (nSPS) is 12.4. The summed E-state index contributed by atoms with van der Waals surface area (Å²) in [5.41, 5.74) is 2.66. The maximum absolute atomic E-state index is 13.5. The number of hydrogen-bond acceptors (Lipinski definition) is 3. The number of ether oxygens (including phenoxy) is 1. The molecule has 0 saturated carbocycles. The number of aryl methyl sites for hydroxylation is 1. The van der Waals surface area contributed by atoms with Crippen molar-refractivity contribution in [3.8, 4) is 5.75 Å². The van der Waals surface area contributed by atoms with E-state index in [9.17, 15) is 8.42 Å². The first-order valence-corrected chi connectivity index (χ1v) is 10.2. The number of benzene rings is 3.